The highest BCUT2D eigenvalue weighted by Crippen LogP contribution is 2.25. The third-order valence-electron chi connectivity index (χ3n) is 2.89. The fraction of sp³-hybridized carbons (Fsp3) is 0.214. The minimum atomic E-state index is -0.638. The molecule has 0 fully saturated rings. The molecule has 2 rings (SSSR count). The summed E-state index contributed by atoms with van der Waals surface area (Å²) in [6.07, 6.45) is 2.06. The summed E-state index contributed by atoms with van der Waals surface area (Å²) >= 11 is 0. The van der Waals surface area contributed by atoms with Crippen LogP contribution in [0.15, 0.2) is 24.4 Å². The van der Waals surface area contributed by atoms with Crippen molar-refractivity contribution in [1.82, 2.24) is 9.78 Å². The monoisotopic (exact) mass is 276 g/mol. The fourth-order valence-electron chi connectivity index (χ4n) is 2.00. The number of carbonyl (C=O) groups is 2. The first-order valence-corrected chi connectivity index (χ1v) is 6.01. The highest BCUT2D eigenvalue weighted by atomic mass is 19.1. The summed E-state index contributed by atoms with van der Waals surface area (Å²) in [7, 11) is 1.22. The van der Waals surface area contributed by atoms with Gasteiger partial charge in [0.25, 0.3) is 0 Å². The van der Waals surface area contributed by atoms with E-state index in [9.17, 15) is 14.0 Å². The van der Waals surface area contributed by atoms with Crippen LogP contribution in [0.1, 0.15) is 27.6 Å². The lowest BCUT2D eigenvalue weighted by Gasteiger charge is -2.08. The zero-order valence-electron chi connectivity index (χ0n) is 11.1. The quantitative estimate of drug-likeness (QED) is 0.635. The van der Waals surface area contributed by atoms with Crippen LogP contribution in [0.5, 0.6) is 0 Å². The van der Waals surface area contributed by atoms with Crippen molar-refractivity contribution in [3.8, 4) is 11.3 Å². The number of methoxy groups -OCH3 is 1. The fourth-order valence-corrected chi connectivity index (χ4v) is 2.00. The van der Waals surface area contributed by atoms with Gasteiger partial charge in [-0.1, -0.05) is 0 Å². The highest BCUT2D eigenvalue weighted by Gasteiger charge is 2.16. The maximum atomic E-state index is 13.7. The van der Waals surface area contributed by atoms with Crippen molar-refractivity contribution in [2.75, 3.05) is 7.11 Å². The van der Waals surface area contributed by atoms with Crippen LogP contribution in [0.2, 0.25) is 0 Å². The Hall–Kier alpha value is -2.50. The number of nitrogens with zero attached hydrogens (tertiary/aromatic N) is 2. The minimum absolute atomic E-state index is 0.0863. The molecule has 6 heteroatoms. The van der Waals surface area contributed by atoms with Gasteiger partial charge in [0.1, 0.15) is 5.82 Å². The second kappa shape index (κ2) is 5.64. The molecule has 0 aliphatic carbocycles. The number of rotatable bonds is 4. The molecule has 20 heavy (non-hydrogen) atoms. The number of benzene rings is 1. The van der Waals surface area contributed by atoms with Crippen molar-refractivity contribution in [3.63, 3.8) is 0 Å². The zero-order valence-corrected chi connectivity index (χ0v) is 11.1. The van der Waals surface area contributed by atoms with Gasteiger partial charge in [-0.2, -0.15) is 5.10 Å². The van der Waals surface area contributed by atoms with E-state index in [4.69, 9.17) is 0 Å². The van der Waals surface area contributed by atoms with Gasteiger partial charge in [-0.05, 0) is 25.1 Å². The molecule has 0 amide bonds. The predicted molar refractivity (Wildman–Crippen MR) is 70.0 cm³/mol. The van der Waals surface area contributed by atoms with Gasteiger partial charge in [-0.3, -0.25) is 9.48 Å². The number of aryl methyl sites for hydroxylation is 1. The first kappa shape index (κ1) is 13.9. The van der Waals surface area contributed by atoms with Gasteiger partial charge in [0.05, 0.1) is 30.1 Å². The second-order valence-corrected chi connectivity index (χ2v) is 4.10. The van der Waals surface area contributed by atoms with E-state index in [1.54, 1.807) is 4.68 Å². The normalized spacial score (nSPS) is 10.3. The third kappa shape index (κ3) is 2.45. The number of hydrogen-bond acceptors (Lipinski definition) is 4. The van der Waals surface area contributed by atoms with Gasteiger partial charge in [-0.15, -0.1) is 0 Å². The van der Waals surface area contributed by atoms with Crippen molar-refractivity contribution < 1.29 is 18.7 Å². The van der Waals surface area contributed by atoms with E-state index in [0.717, 1.165) is 6.07 Å². The van der Waals surface area contributed by atoms with Gasteiger partial charge in [0.15, 0.2) is 6.29 Å². The van der Waals surface area contributed by atoms with Crippen molar-refractivity contribution in [2.45, 2.75) is 13.5 Å². The molecule has 0 aliphatic heterocycles. The van der Waals surface area contributed by atoms with E-state index in [1.807, 2.05) is 6.92 Å². The topological polar surface area (TPSA) is 61.2 Å². The summed E-state index contributed by atoms with van der Waals surface area (Å²) in [5.41, 5.74) is 1.32. The maximum Gasteiger partial charge on any atom is 0.337 e. The number of carbonyl (C=O) groups excluding carboxylic acids is 2. The van der Waals surface area contributed by atoms with E-state index < -0.39 is 11.8 Å². The third-order valence-corrected chi connectivity index (χ3v) is 2.89. The van der Waals surface area contributed by atoms with Gasteiger partial charge >= 0.3 is 5.97 Å². The highest BCUT2D eigenvalue weighted by molar-refractivity contribution is 5.92. The van der Waals surface area contributed by atoms with E-state index >= 15 is 0 Å². The van der Waals surface area contributed by atoms with Crippen molar-refractivity contribution in [3.05, 3.63) is 41.3 Å². The summed E-state index contributed by atoms with van der Waals surface area (Å²) in [4.78, 5) is 22.6. The van der Waals surface area contributed by atoms with Crippen LogP contribution in [0.4, 0.5) is 4.39 Å². The predicted octanol–water partition coefficient (Wildman–Crippen LogP) is 2.31. The van der Waals surface area contributed by atoms with Gasteiger partial charge in [-0.25, -0.2) is 9.18 Å². The van der Waals surface area contributed by atoms with E-state index in [2.05, 4.69) is 9.84 Å². The Kier molecular flexibility index (Phi) is 3.93. The zero-order chi connectivity index (χ0) is 14.7. The Labute approximate surface area is 115 Å². The number of halogens is 1. The van der Waals surface area contributed by atoms with Crippen LogP contribution in [-0.4, -0.2) is 29.1 Å². The largest absolute Gasteiger partial charge is 0.465 e. The van der Waals surface area contributed by atoms with Gasteiger partial charge < -0.3 is 4.74 Å². The van der Waals surface area contributed by atoms with Crippen LogP contribution >= 0.6 is 0 Å². The Balaban J connectivity index is 2.63. The lowest BCUT2D eigenvalue weighted by Crippen LogP contribution is -2.04. The van der Waals surface area contributed by atoms with Crippen LogP contribution in [0, 0.1) is 5.82 Å². The van der Waals surface area contributed by atoms with Crippen molar-refractivity contribution >= 4 is 12.3 Å². The summed E-state index contributed by atoms with van der Waals surface area (Å²) in [6.45, 7) is 2.37. The molecule has 1 heterocycles. The molecule has 0 unspecified atom stereocenters. The molecule has 1 aromatic carbocycles. The average molecular weight is 276 g/mol. The molecule has 1 aromatic heterocycles. The summed E-state index contributed by atoms with van der Waals surface area (Å²) in [6, 6.07) is 3.82. The van der Waals surface area contributed by atoms with E-state index in [1.165, 1.54) is 25.4 Å². The van der Waals surface area contributed by atoms with Crippen LogP contribution in [-0.2, 0) is 11.3 Å². The summed E-state index contributed by atoms with van der Waals surface area (Å²) in [5.74, 6) is -1.22. The molecule has 0 saturated carbocycles. The van der Waals surface area contributed by atoms with Gasteiger partial charge in [0.2, 0.25) is 0 Å². The van der Waals surface area contributed by atoms with Crippen molar-refractivity contribution in [2.24, 2.45) is 0 Å². The molecule has 0 bridgehead atoms. The van der Waals surface area contributed by atoms with Gasteiger partial charge in [0, 0.05) is 12.1 Å². The van der Waals surface area contributed by atoms with E-state index in [-0.39, 0.29) is 5.56 Å². The summed E-state index contributed by atoms with van der Waals surface area (Å²) < 4.78 is 19.8. The standard InChI is InChI=1S/C14H13FN2O3/c1-3-17-13(11(8-18)7-16-17)9-4-10(14(19)20-2)6-12(15)5-9/h4-8H,3H2,1-2H3. The van der Waals surface area contributed by atoms with Crippen LogP contribution < -0.4 is 0 Å². The number of hydrogen-bond donors (Lipinski definition) is 0. The molecule has 0 aliphatic rings. The molecular formula is C14H13FN2O3. The lowest BCUT2D eigenvalue weighted by atomic mass is 10.0. The number of aldehydes is 1. The molecule has 5 nitrogen and oxygen atoms in total. The minimum Gasteiger partial charge on any atom is -0.465 e. The number of esters is 1. The SMILES string of the molecule is CCn1ncc(C=O)c1-c1cc(F)cc(C(=O)OC)c1. The number of ether oxygens (including phenoxy) is 1. The molecule has 0 saturated heterocycles. The molecular weight excluding hydrogens is 263 g/mol. The molecule has 104 valence electrons. The Morgan fingerprint density at radius 2 is 2.20 bits per heavy atom. The average Bonchev–Trinajstić information content (AvgIpc) is 2.88. The van der Waals surface area contributed by atoms with Crippen LogP contribution in [0.3, 0.4) is 0 Å². The Morgan fingerprint density at radius 3 is 2.80 bits per heavy atom. The molecule has 2 aromatic rings. The Bertz CT molecular complexity index is 664. The molecule has 0 N–H and O–H groups in total. The maximum absolute atomic E-state index is 13.7. The number of aromatic nitrogens is 2. The summed E-state index contributed by atoms with van der Waals surface area (Å²) in [5, 5.41) is 4.05. The first-order valence-electron chi connectivity index (χ1n) is 6.01. The molecule has 0 spiro atoms. The van der Waals surface area contributed by atoms with Crippen LogP contribution in [0.25, 0.3) is 11.3 Å². The Morgan fingerprint density at radius 1 is 1.45 bits per heavy atom. The smallest absolute Gasteiger partial charge is 0.337 e. The molecule has 0 radical (unpaired) electrons. The van der Waals surface area contributed by atoms with E-state index in [0.29, 0.717) is 29.7 Å². The molecule has 0 atom stereocenters. The van der Waals surface area contributed by atoms with Crippen molar-refractivity contribution in [1.29, 1.82) is 0 Å². The second-order valence-electron chi connectivity index (χ2n) is 4.10. The first-order chi connectivity index (χ1) is 9.60. The lowest BCUT2D eigenvalue weighted by molar-refractivity contribution is 0.0600.